The molecule has 0 aromatic carbocycles. The summed E-state index contributed by atoms with van der Waals surface area (Å²) in [5.74, 6) is 0. The number of nitrogens with two attached hydrogens (primary N) is 1. The largest absolute Gasteiger partial charge is 0.454 e. The van der Waals surface area contributed by atoms with Crippen molar-refractivity contribution in [2.24, 2.45) is 5.73 Å². The molecule has 0 bridgehead atoms. The van der Waals surface area contributed by atoms with Crippen molar-refractivity contribution >= 4 is 17.0 Å². The fourth-order valence-electron chi connectivity index (χ4n) is 0.113. The molecular weight excluding hydrogens is 158 g/mol. The van der Waals surface area contributed by atoms with Gasteiger partial charge in [-0.05, 0) is 6.92 Å². The van der Waals surface area contributed by atoms with Crippen molar-refractivity contribution in [2.75, 3.05) is 19.8 Å². The van der Waals surface area contributed by atoms with E-state index < -0.39 is 5.43 Å². The Labute approximate surface area is 64.9 Å². The van der Waals surface area contributed by atoms with Crippen molar-refractivity contribution in [2.45, 2.75) is 6.92 Å². The Morgan fingerprint density at radius 3 is 2.20 bits per heavy atom. The van der Waals surface area contributed by atoms with Crippen molar-refractivity contribution in [3.05, 3.63) is 0 Å². The first-order valence-electron chi connectivity index (χ1n) is 2.82. The highest BCUT2D eigenvalue weighted by Gasteiger charge is 1.86. The second kappa shape index (κ2) is 11.5. The number of hydrogen-bond donors (Lipinski definition) is 2. The van der Waals surface area contributed by atoms with Crippen LogP contribution in [0.25, 0.3) is 0 Å². The van der Waals surface area contributed by atoms with Gasteiger partial charge in [-0.3, -0.25) is 0 Å². The fourth-order valence-corrected chi connectivity index (χ4v) is 0.223. The molecule has 3 N–H and O–H groups in total. The first-order valence-corrected chi connectivity index (χ1v) is 3.20. The van der Waals surface area contributed by atoms with E-state index in [2.05, 4.69) is 4.74 Å². The van der Waals surface area contributed by atoms with Crippen LogP contribution >= 0.6 is 11.6 Å². The van der Waals surface area contributed by atoms with E-state index in [1.165, 1.54) is 0 Å². The Morgan fingerprint density at radius 2 is 2.20 bits per heavy atom. The maximum Gasteiger partial charge on any atom is 0.403 e. The molecule has 0 amide bonds. The Hall–Kier alpha value is -0.320. The van der Waals surface area contributed by atoms with Crippen molar-refractivity contribution < 1.29 is 14.6 Å². The summed E-state index contributed by atoms with van der Waals surface area (Å²) in [4.78, 5) is 9.59. The van der Waals surface area contributed by atoms with Gasteiger partial charge in [-0.15, -0.1) is 0 Å². The highest BCUT2D eigenvalue weighted by molar-refractivity contribution is 6.61. The van der Waals surface area contributed by atoms with E-state index in [4.69, 9.17) is 22.4 Å². The van der Waals surface area contributed by atoms with Crippen molar-refractivity contribution in [3.63, 3.8) is 0 Å². The zero-order valence-electron chi connectivity index (χ0n) is 5.84. The molecule has 0 saturated heterocycles. The molecule has 0 spiro atoms. The van der Waals surface area contributed by atoms with Gasteiger partial charge < -0.3 is 15.6 Å². The summed E-state index contributed by atoms with van der Waals surface area (Å²) >= 11 is 4.72. The number of rotatable bonds is 2. The van der Waals surface area contributed by atoms with Crippen LogP contribution in [0.15, 0.2) is 0 Å². The van der Waals surface area contributed by atoms with E-state index in [-0.39, 0.29) is 6.61 Å². The van der Waals surface area contributed by atoms with Gasteiger partial charge in [0.15, 0.2) is 0 Å². The summed E-state index contributed by atoms with van der Waals surface area (Å²) in [6, 6.07) is 0. The minimum Gasteiger partial charge on any atom is -0.454 e. The Morgan fingerprint density at radius 1 is 1.80 bits per heavy atom. The molecule has 0 radical (unpaired) electrons. The highest BCUT2D eigenvalue weighted by atomic mass is 35.5. The Kier molecular flexibility index (Phi) is 14.2. The lowest BCUT2D eigenvalue weighted by atomic mass is 10.8. The minimum absolute atomic E-state index is 0.0972. The molecule has 0 aliphatic heterocycles. The molecule has 10 heavy (non-hydrogen) atoms. The van der Waals surface area contributed by atoms with Gasteiger partial charge >= 0.3 is 5.43 Å². The van der Waals surface area contributed by atoms with Crippen LogP contribution in [0.2, 0.25) is 0 Å². The predicted molar refractivity (Wildman–Crippen MR) is 39.0 cm³/mol. The molecule has 0 aromatic heterocycles. The van der Waals surface area contributed by atoms with Crippen LogP contribution in [0.5, 0.6) is 0 Å². The maximum absolute atomic E-state index is 9.59. The molecule has 0 aliphatic carbocycles. The summed E-state index contributed by atoms with van der Waals surface area (Å²) in [7, 11) is 0. The summed E-state index contributed by atoms with van der Waals surface area (Å²) in [6.45, 7) is 2.52. The van der Waals surface area contributed by atoms with Gasteiger partial charge in [0.2, 0.25) is 0 Å². The zero-order chi connectivity index (χ0) is 8.41. The van der Waals surface area contributed by atoms with E-state index >= 15 is 0 Å². The molecule has 0 aliphatic rings. The van der Waals surface area contributed by atoms with Crippen LogP contribution in [0.3, 0.4) is 0 Å². The second-order valence-corrected chi connectivity index (χ2v) is 1.49. The van der Waals surface area contributed by atoms with Gasteiger partial charge in [0, 0.05) is 18.1 Å². The summed E-state index contributed by atoms with van der Waals surface area (Å²) in [5, 5.41) is 7.75. The lowest BCUT2D eigenvalue weighted by molar-refractivity contribution is 0.180. The third-order valence-corrected chi connectivity index (χ3v) is 0.496. The molecule has 5 heteroatoms. The summed E-state index contributed by atoms with van der Waals surface area (Å²) < 4.78 is 4.17. The van der Waals surface area contributed by atoms with Gasteiger partial charge in [-0.2, -0.15) is 0 Å². The number of ether oxygens (including phenoxy) is 1. The van der Waals surface area contributed by atoms with Crippen LogP contribution in [-0.4, -0.2) is 30.3 Å². The van der Waals surface area contributed by atoms with E-state index in [0.29, 0.717) is 13.2 Å². The average molecular weight is 170 g/mol. The topological polar surface area (TPSA) is 72.5 Å². The summed E-state index contributed by atoms with van der Waals surface area (Å²) in [5.41, 5.74) is 4.04. The molecule has 62 valence electrons. The number of halogens is 1. The Bertz CT molecular complexity index is 77.3. The number of hydrogen-bond acceptors (Lipinski definition) is 4. The van der Waals surface area contributed by atoms with Gasteiger partial charge in [-0.25, -0.2) is 4.79 Å². The van der Waals surface area contributed by atoms with Crippen molar-refractivity contribution in [1.29, 1.82) is 0 Å². The molecule has 4 nitrogen and oxygen atoms in total. The molecule has 0 rings (SSSR count). The van der Waals surface area contributed by atoms with E-state index in [0.717, 1.165) is 0 Å². The van der Waals surface area contributed by atoms with E-state index in [9.17, 15) is 4.79 Å². The smallest absolute Gasteiger partial charge is 0.403 e. The first kappa shape index (κ1) is 12.4. The lowest BCUT2D eigenvalue weighted by Gasteiger charge is -1.86. The molecule has 0 heterocycles. The van der Waals surface area contributed by atoms with Crippen molar-refractivity contribution in [3.8, 4) is 0 Å². The lowest BCUT2D eigenvalue weighted by Crippen LogP contribution is -2.02. The van der Waals surface area contributed by atoms with Crippen LogP contribution in [0.1, 0.15) is 6.92 Å². The minimum atomic E-state index is -0.738. The number of carbonyl (C=O) groups is 1. The number of carbonyl (C=O) groups excluding carboxylic acids is 1. The second-order valence-electron chi connectivity index (χ2n) is 1.18. The maximum atomic E-state index is 9.59. The third-order valence-electron chi connectivity index (χ3n) is 0.387. The third kappa shape index (κ3) is 25.3. The van der Waals surface area contributed by atoms with Crippen LogP contribution in [0, 0.1) is 0 Å². The highest BCUT2D eigenvalue weighted by Crippen LogP contribution is 1.82. The van der Waals surface area contributed by atoms with E-state index in [1.807, 2.05) is 0 Å². The fraction of sp³-hybridized carbons (Fsp3) is 0.800. The monoisotopic (exact) mass is 169 g/mol. The molecule has 0 unspecified atom stereocenters. The normalized spacial score (nSPS) is 7.60. The SMILES string of the molecule is CCOC(=O)Cl.NCCO. The molecule has 0 atom stereocenters. The number of aliphatic hydroxyl groups excluding tert-OH is 1. The van der Waals surface area contributed by atoms with Crippen LogP contribution in [-0.2, 0) is 4.74 Å². The van der Waals surface area contributed by atoms with Gasteiger partial charge in [-0.1, -0.05) is 0 Å². The zero-order valence-corrected chi connectivity index (χ0v) is 6.60. The van der Waals surface area contributed by atoms with Crippen LogP contribution < -0.4 is 5.73 Å². The van der Waals surface area contributed by atoms with Crippen molar-refractivity contribution in [1.82, 2.24) is 0 Å². The quantitative estimate of drug-likeness (QED) is 0.584. The van der Waals surface area contributed by atoms with Gasteiger partial charge in [0.25, 0.3) is 0 Å². The first-order chi connectivity index (χ1) is 4.68. The molecule has 0 saturated carbocycles. The number of aliphatic hydroxyl groups is 1. The van der Waals surface area contributed by atoms with Gasteiger partial charge in [0.1, 0.15) is 0 Å². The van der Waals surface area contributed by atoms with E-state index in [1.54, 1.807) is 6.92 Å². The van der Waals surface area contributed by atoms with Gasteiger partial charge in [0.05, 0.1) is 13.2 Å². The molecule has 0 aromatic rings. The predicted octanol–water partition coefficient (Wildman–Crippen LogP) is 0.319. The molecular formula is C5H12ClNO3. The standard InChI is InChI=1S/C3H5ClO2.C2H7NO/c1-2-6-3(4)5;3-1-2-4/h2H2,1H3;4H,1-3H2. The summed E-state index contributed by atoms with van der Waals surface area (Å²) in [6.07, 6.45) is 0. The average Bonchev–Trinajstić information content (AvgIpc) is 1.89. The molecule has 0 fully saturated rings. The van der Waals surface area contributed by atoms with Crippen LogP contribution in [0.4, 0.5) is 4.79 Å². The Balaban J connectivity index is 0.